The number of carbonyl (C=O) groups is 1. The van der Waals surface area contributed by atoms with E-state index in [1.54, 1.807) is 0 Å². The predicted octanol–water partition coefficient (Wildman–Crippen LogP) is 2.87. The molecule has 0 amide bonds. The lowest BCUT2D eigenvalue weighted by Gasteiger charge is -2.35. The van der Waals surface area contributed by atoms with E-state index in [-0.39, 0.29) is 12.1 Å². The number of piperidine rings is 1. The Morgan fingerprint density at radius 2 is 1.85 bits per heavy atom. The summed E-state index contributed by atoms with van der Waals surface area (Å²) in [6.45, 7) is 0. The highest BCUT2D eigenvalue weighted by molar-refractivity contribution is 5.87. The number of hydrogen-bond donors (Lipinski definition) is 0. The second-order valence-electron chi connectivity index (χ2n) is 5.82. The molecule has 2 bridgehead atoms. The molecule has 2 saturated heterocycles. The zero-order valence-corrected chi connectivity index (χ0v) is 11.9. The van der Waals surface area contributed by atoms with Gasteiger partial charge in [-0.1, -0.05) is 30.3 Å². The van der Waals surface area contributed by atoms with Gasteiger partial charge in [0.15, 0.2) is 0 Å². The van der Waals surface area contributed by atoms with Crippen LogP contribution in [0.15, 0.2) is 36.4 Å². The van der Waals surface area contributed by atoms with Gasteiger partial charge in [-0.2, -0.15) is 0 Å². The normalized spacial score (nSPS) is 29.8. The van der Waals surface area contributed by atoms with Crippen LogP contribution < -0.4 is 0 Å². The van der Waals surface area contributed by atoms with Crippen LogP contribution in [0.5, 0.6) is 0 Å². The molecule has 2 atom stereocenters. The summed E-state index contributed by atoms with van der Waals surface area (Å²) in [7, 11) is 2.19. The molecule has 3 heteroatoms. The van der Waals surface area contributed by atoms with Crippen molar-refractivity contribution < 1.29 is 9.53 Å². The maximum absolute atomic E-state index is 11.9. The quantitative estimate of drug-likeness (QED) is 0.625. The molecule has 3 nitrogen and oxygen atoms in total. The summed E-state index contributed by atoms with van der Waals surface area (Å²) < 4.78 is 5.59. The lowest BCUT2D eigenvalue weighted by Crippen LogP contribution is -2.43. The SMILES string of the molecule is CN1[C@@H]2CC[C@@H]1CC(OC(=O)/C=C\c1ccccc1)C2. The molecule has 2 aliphatic rings. The summed E-state index contributed by atoms with van der Waals surface area (Å²) in [5.41, 5.74) is 1.02. The highest BCUT2D eigenvalue weighted by atomic mass is 16.5. The van der Waals surface area contributed by atoms with Crippen molar-refractivity contribution in [3.63, 3.8) is 0 Å². The highest BCUT2D eigenvalue weighted by Crippen LogP contribution is 2.35. The van der Waals surface area contributed by atoms with Gasteiger partial charge in [0.2, 0.25) is 0 Å². The molecule has 0 N–H and O–H groups in total. The molecule has 2 fully saturated rings. The Morgan fingerprint density at radius 1 is 1.20 bits per heavy atom. The zero-order valence-electron chi connectivity index (χ0n) is 11.9. The van der Waals surface area contributed by atoms with Crippen molar-refractivity contribution in [2.24, 2.45) is 0 Å². The van der Waals surface area contributed by atoms with Crippen molar-refractivity contribution in [3.8, 4) is 0 Å². The number of nitrogens with zero attached hydrogens (tertiary/aromatic N) is 1. The molecule has 0 unspecified atom stereocenters. The lowest BCUT2D eigenvalue weighted by atomic mass is 10.0. The number of rotatable bonds is 3. The van der Waals surface area contributed by atoms with Gasteiger partial charge >= 0.3 is 5.97 Å². The molecule has 1 aromatic carbocycles. The van der Waals surface area contributed by atoms with Gasteiger partial charge in [0.1, 0.15) is 6.10 Å². The maximum Gasteiger partial charge on any atom is 0.331 e. The van der Waals surface area contributed by atoms with E-state index in [2.05, 4.69) is 11.9 Å². The summed E-state index contributed by atoms with van der Waals surface area (Å²) in [6, 6.07) is 11.0. The van der Waals surface area contributed by atoms with Crippen LogP contribution >= 0.6 is 0 Å². The first kappa shape index (κ1) is 13.4. The minimum absolute atomic E-state index is 0.0941. The molecule has 3 rings (SSSR count). The smallest absolute Gasteiger partial charge is 0.331 e. The fourth-order valence-electron chi connectivity index (χ4n) is 3.39. The van der Waals surface area contributed by atoms with Gasteiger partial charge in [0.05, 0.1) is 0 Å². The van der Waals surface area contributed by atoms with Gasteiger partial charge in [-0.05, 0) is 31.5 Å². The molecule has 0 radical (unpaired) electrons. The van der Waals surface area contributed by atoms with E-state index in [1.807, 2.05) is 36.4 Å². The molecule has 0 aromatic heterocycles. The van der Waals surface area contributed by atoms with E-state index in [9.17, 15) is 4.79 Å². The number of esters is 1. The van der Waals surface area contributed by atoms with Gasteiger partial charge in [0, 0.05) is 31.0 Å². The molecule has 20 heavy (non-hydrogen) atoms. The first-order chi connectivity index (χ1) is 9.72. The topological polar surface area (TPSA) is 29.5 Å². The summed E-state index contributed by atoms with van der Waals surface area (Å²) >= 11 is 0. The largest absolute Gasteiger partial charge is 0.459 e. The second kappa shape index (κ2) is 5.80. The summed E-state index contributed by atoms with van der Waals surface area (Å²) in [5.74, 6) is -0.220. The van der Waals surface area contributed by atoms with Crippen LogP contribution in [0.3, 0.4) is 0 Å². The monoisotopic (exact) mass is 271 g/mol. The summed E-state index contributed by atoms with van der Waals surface area (Å²) in [4.78, 5) is 14.3. The standard InChI is InChI=1S/C17H21NO2/c1-18-14-8-9-15(18)12-16(11-14)20-17(19)10-7-13-5-3-2-4-6-13/h2-7,10,14-16H,8-9,11-12H2,1H3/b10-7-/t14-,15-/m1/s1. The van der Waals surface area contributed by atoms with Gasteiger partial charge in [0.25, 0.3) is 0 Å². The first-order valence-corrected chi connectivity index (χ1v) is 7.38. The Hall–Kier alpha value is -1.61. The van der Waals surface area contributed by atoms with Crippen LogP contribution in [0.4, 0.5) is 0 Å². The third-order valence-corrected chi connectivity index (χ3v) is 4.55. The van der Waals surface area contributed by atoms with E-state index in [0.29, 0.717) is 12.1 Å². The van der Waals surface area contributed by atoms with Gasteiger partial charge < -0.3 is 9.64 Å². The number of hydrogen-bond acceptors (Lipinski definition) is 3. The van der Waals surface area contributed by atoms with Crippen molar-refractivity contribution in [3.05, 3.63) is 42.0 Å². The van der Waals surface area contributed by atoms with Crippen molar-refractivity contribution >= 4 is 12.0 Å². The van der Waals surface area contributed by atoms with Crippen LogP contribution in [-0.2, 0) is 9.53 Å². The highest BCUT2D eigenvalue weighted by Gasteiger charge is 2.39. The van der Waals surface area contributed by atoms with Crippen molar-refractivity contribution in [2.75, 3.05) is 7.05 Å². The third-order valence-electron chi connectivity index (χ3n) is 4.55. The average molecular weight is 271 g/mol. The molecular weight excluding hydrogens is 250 g/mol. The molecular formula is C17H21NO2. The lowest BCUT2D eigenvalue weighted by molar-refractivity contribution is -0.146. The molecule has 0 spiro atoms. The number of fused-ring (bicyclic) bond motifs is 2. The molecule has 1 aromatic rings. The summed E-state index contributed by atoms with van der Waals surface area (Å²) in [5, 5.41) is 0. The van der Waals surface area contributed by atoms with Crippen molar-refractivity contribution in [1.82, 2.24) is 4.90 Å². The molecule has 106 valence electrons. The van der Waals surface area contributed by atoms with Crippen LogP contribution in [0, 0.1) is 0 Å². The van der Waals surface area contributed by atoms with Gasteiger partial charge in [-0.3, -0.25) is 0 Å². The Balaban J connectivity index is 1.54. The van der Waals surface area contributed by atoms with Crippen LogP contribution in [0.2, 0.25) is 0 Å². The molecule has 0 aliphatic carbocycles. The maximum atomic E-state index is 11.9. The van der Waals surface area contributed by atoms with E-state index in [1.165, 1.54) is 18.9 Å². The van der Waals surface area contributed by atoms with Crippen molar-refractivity contribution in [2.45, 2.75) is 43.9 Å². The predicted molar refractivity (Wildman–Crippen MR) is 79.2 cm³/mol. The Bertz CT molecular complexity index is 483. The summed E-state index contributed by atoms with van der Waals surface area (Å²) in [6.07, 6.45) is 7.90. The molecule has 2 aliphatic heterocycles. The second-order valence-corrected chi connectivity index (χ2v) is 5.82. The van der Waals surface area contributed by atoms with Gasteiger partial charge in [-0.15, -0.1) is 0 Å². The third kappa shape index (κ3) is 2.93. The number of carbonyl (C=O) groups excluding carboxylic acids is 1. The van der Waals surface area contributed by atoms with Gasteiger partial charge in [-0.25, -0.2) is 4.79 Å². The van der Waals surface area contributed by atoms with E-state index >= 15 is 0 Å². The fraction of sp³-hybridized carbons (Fsp3) is 0.471. The average Bonchev–Trinajstić information content (AvgIpc) is 2.68. The minimum atomic E-state index is -0.220. The van der Waals surface area contributed by atoms with Crippen LogP contribution in [-0.4, -0.2) is 36.1 Å². The minimum Gasteiger partial charge on any atom is -0.459 e. The first-order valence-electron chi connectivity index (χ1n) is 7.38. The number of benzene rings is 1. The van der Waals surface area contributed by atoms with E-state index < -0.39 is 0 Å². The van der Waals surface area contributed by atoms with Crippen molar-refractivity contribution in [1.29, 1.82) is 0 Å². The molecule has 2 heterocycles. The zero-order chi connectivity index (χ0) is 13.9. The van der Waals surface area contributed by atoms with Crippen LogP contribution in [0.25, 0.3) is 6.08 Å². The fourth-order valence-corrected chi connectivity index (χ4v) is 3.39. The Labute approximate surface area is 120 Å². The molecule has 0 saturated carbocycles. The van der Waals surface area contributed by atoms with E-state index in [4.69, 9.17) is 4.74 Å². The Morgan fingerprint density at radius 3 is 2.50 bits per heavy atom. The Kier molecular flexibility index (Phi) is 3.88. The number of ether oxygens (including phenoxy) is 1. The van der Waals surface area contributed by atoms with Crippen LogP contribution in [0.1, 0.15) is 31.2 Å². The van der Waals surface area contributed by atoms with E-state index in [0.717, 1.165) is 18.4 Å².